The third-order valence-corrected chi connectivity index (χ3v) is 4.12. The Morgan fingerprint density at radius 2 is 2.38 bits per heavy atom. The fraction of sp³-hybridized carbons (Fsp3) is 0.500. The van der Waals surface area contributed by atoms with Crippen molar-refractivity contribution in [2.24, 2.45) is 0 Å². The third kappa shape index (κ3) is 3.89. The summed E-state index contributed by atoms with van der Waals surface area (Å²) >= 11 is 1.64. The minimum atomic E-state index is 0.339. The summed E-state index contributed by atoms with van der Waals surface area (Å²) in [5.74, 6) is 1.55. The molecule has 0 saturated carbocycles. The number of hydrogen-bond acceptors (Lipinski definition) is 7. The second kappa shape index (κ2) is 6.82. The first-order valence-electron chi connectivity index (χ1n) is 7.08. The minimum absolute atomic E-state index is 0.339. The predicted octanol–water partition coefficient (Wildman–Crippen LogP) is 2.16. The molecule has 2 aromatic heterocycles. The summed E-state index contributed by atoms with van der Waals surface area (Å²) in [6.07, 6.45) is 5.82. The first kappa shape index (κ1) is 14.2. The van der Waals surface area contributed by atoms with Gasteiger partial charge in [0.2, 0.25) is 5.95 Å². The Morgan fingerprint density at radius 3 is 3.14 bits per heavy atom. The monoisotopic (exact) mass is 305 g/mol. The van der Waals surface area contributed by atoms with Gasteiger partial charge in [-0.15, -0.1) is 11.3 Å². The lowest BCUT2D eigenvalue weighted by molar-refractivity contribution is 0.0875. The molecule has 1 aliphatic rings. The number of nitrogens with zero attached hydrogens (tertiary/aromatic N) is 4. The Bertz CT molecular complexity index is 556. The SMILES string of the molecule is CN(Cc1nccs1)c1nccc(NC2CCCOC2)n1. The summed E-state index contributed by atoms with van der Waals surface area (Å²) in [5, 5.41) is 6.45. The molecule has 7 heteroatoms. The van der Waals surface area contributed by atoms with E-state index in [4.69, 9.17) is 4.74 Å². The molecule has 0 aromatic carbocycles. The molecule has 3 rings (SSSR count). The number of ether oxygens (including phenoxy) is 1. The maximum Gasteiger partial charge on any atom is 0.227 e. The topological polar surface area (TPSA) is 63.2 Å². The van der Waals surface area contributed by atoms with E-state index in [1.54, 1.807) is 17.5 Å². The van der Waals surface area contributed by atoms with Gasteiger partial charge < -0.3 is 15.0 Å². The van der Waals surface area contributed by atoms with Crippen LogP contribution in [0.3, 0.4) is 0 Å². The van der Waals surface area contributed by atoms with E-state index >= 15 is 0 Å². The highest BCUT2D eigenvalue weighted by molar-refractivity contribution is 7.09. The molecule has 1 atom stereocenters. The lowest BCUT2D eigenvalue weighted by Gasteiger charge is -2.24. The highest BCUT2D eigenvalue weighted by Gasteiger charge is 2.15. The van der Waals surface area contributed by atoms with Crippen LogP contribution in [0, 0.1) is 0 Å². The van der Waals surface area contributed by atoms with Gasteiger partial charge in [0, 0.05) is 31.4 Å². The highest BCUT2D eigenvalue weighted by Crippen LogP contribution is 2.16. The van der Waals surface area contributed by atoms with E-state index in [2.05, 4.69) is 20.3 Å². The van der Waals surface area contributed by atoms with Crippen LogP contribution >= 0.6 is 11.3 Å². The zero-order valence-corrected chi connectivity index (χ0v) is 12.8. The summed E-state index contributed by atoms with van der Waals surface area (Å²) in [6.45, 7) is 2.33. The van der Waals surface area contributed by atoms with Crippen LogP contribution in [0.4, 0.5) is 11.8 Å². The number of nitrogens with one attached hydrogen (secondary N) is 1. The predicted molar refractivity (Wildman–Crippen MR) is 83.7 cm³/mol. The summed E-state index contributed by atoms with van der Waals surface area (Å²) < 4.78 is 5.48. The van der Waals surface area contributed by atoms with Gasteiger partial charge in [-0.2, -0.15) is 4.98 Å². The van der Waals surface area contributed by atoms with Crippen LogP contribution in [0.2, 0.25) is 0 Å². The van der Waals surface area contributed by atoms with Crippen molar-refractivity contribution >= 4 is 23.1 Å². The van der Waals surface area contributed by atoms with Gasteiger partial charge in [-0.25, -0.2) is 9.97 Å². The van der Waals surface area contributed by atoms with Crippen molar-refractivity contribution in [3.8, 4) is 0 Å². The molecule has 1 unspecified atom stereocenters. The molecule has 1 N–H and O–H groups in total. The second-order valence-electron chi connectivity index (χ2n) is 5.08. The van der Waals surface area contributed by atoms with Gasteiger partial charge in [0.25, 0.3) is 0 Å². The molecule has 0 amide bonds. The Balaban J connectivity index is 1.64. The van der Waals surface area contributed by atoms with Gasteiger partial charge in [0.05, 0.1) is 19.2 Å². The number of anilines is 2. The van der Waals surface area contributed by atoms with E-state index in [1.807, 2.05) is 29.6 Å². The van der Waals surface area contributed by atoms with Gasteiger partial charge in [-0.05, 0) is 18.9 Å². The maximum atomic E-state index is 5.48. The molecule has 0 radical (unpaired) electrons. The van der Waals surface area contributed by atoms with Gasteiger partial charge in [-0.3, -0.25) is 0 Å². The lowest BCUT2D eigenvalue weighted by atomic mass is 10.1. The van der Waals surface area contributed by atoms with E-state index in [9.17, 15) is 0 Å². The van der Waals surface area contributed by atoms with Crippen LogP contribution in [0.5, 0.6) is 0 Å². The van der Waals surface area contributed by atoms with E-state index in [-0.39, 0.29) is 0 Å². The van der Waals surface area contributed by atoms with Gasteiger partial charge in [-0.1, -0.05) is 0 Å². The maximum absolute atomic E-state index is 5.48. The molecule has 0 bridgehead atoms. The number of rotatable bonds is 5. The van der Waals surface area contributed by atoms with Crippen LogP contribution in [-0.2, 0) is 11.3 Å². The standard InChI is InChI=1S/C14H19N5OS/c1-19(9-13-15-6-8-21-13)14-16-5-4-12(18-14)17-11-3-2-7-20-10-11/h4-6,8,11H,2-3,7,9-10H2,1H3,(H,16,17,18). The quantitative estimate of drug-likeness (QED) is 0.913. The number of aromatic nitrogens is 3. The molecule has 2 aromatic rings. The van der Waals surface area contributed by atoms with Crippen LogP contribution < -0.4 is 10.2 Å². The van der Waals surface area contributed by atoms with Crippen molar-refractivity contribution in [3.05, 3.63) is 28.8 Å². The molecule has 1 saturated heterocycles. The Hall–Kier alpha value is -1.73. The van der Waals surface area contributed by atoms with Crippen LogP contribution in [0.25, 0.3) is 0 Å². The zero-order valence-electron chi connectivity index (χ0n) is 12.0. The third-order valence-electron chi connectivity index (χ3n) is 3.35. The Kier molecular flexibility index (Phi) is 4.62. The molecule has 3 heterocycles. The summed E-state index contributed by atoms with van der Waals surface area (Å²) in [7, 11) is 1.98. The van der Waals surface area contributed by atoms with Crippen molar-refractivity contribution in [1.82, 2.24) is 15.0 Å². The fourth-order valence-corrected chi connectivity index (χ4v) is 2.95. The summed E-state index contributed by atoms with van der Waals surface area (Å²) in [4.78, 5) is 15.2. The van der Waals surface area contributed by atoms with E-state index in [0.29, 0.717) is 18.5 Å². The van der Waals surface area contributed by atoms with Crippen LogP contribution in [-0.4, -0.2) is 41.3 Å². The van der Waals surface area contributed by atoms with Crippen molar-refractivity contribution in [1.29, 1.82) is 0 Å². The average Bonchev–Trinajstić information content (AvgIpc) is 3.01. The van der Waals surface area contributed by atoms with Gasteiger partial charge in [0.15, 0.2) is 0 Å². The molecule has 112 valence electrons. The molecular formula is C14H19N5OS. The van der Waals surface area contributed by atoms with Crippen LogP contribution in [0.15, 0.2) is 23.8 Å². The van der Waals surface area contributed by atoms with Gasteiger partial charge >= 0.3 is 0 Å². The molecule has 0 aliphatic carbocycles. The normalized spacial score (nSPS) is 18.4. The Morgan fingerprint density at radius 1 is 1.43 bits per heavy atom. The fourth-order valence-electron chi connectivity index (χ4n) is 2.28. The minimum Gasteiger partial charge on any atom is -0.379 e. The van der Waals surface area contributed by atoms with E-state index in [0.717, 1.165) is 36.9 Å². The average molecular weight is 305 g/mol. The first-order valence-corrected chi connectivity index (χ1v) is 7.96. The highest BCUT2D eigenvalue weighted by atomic mass is 32.1. The number of hydrogen-bond donors (Lipinski definition) is 1. The lowest BCUT2D eigenvalue weighted by Crippen LogP contribution is -2.30. The largest absolute Gasteiger partial charge is 0.379 e. The van der Waals surface area contributed by atoms with Crippen molar-refractivity contribution in [2.45, 2.75) is 25.4 Å². The summed E-state index contributed by atoms with van der Waals surface area (Å²) in [6, 6.07) is 2.24. The van der Waals surface area contributed by atoms with Crippen molar-refractivity contribution in [2.75, 3.05) is 30.5 Å². The first-order chi connectivity index (χ1) is 10.3. The molecule has 1 aliphatic heterocycles. The van der Waals surface area contributed by atoms with Gasteiger partial charge in [0.1, 0.15) is 10.8 Å². The molecule has 0 spiro atoms. The molecule has 6 nitrogen and oxygen atoms in total. The number of thiazole rings is 1. The van der Waals surface area contributed by atoms with Crippen molar-refractivity contribution < 1.29 is 4.74 Å². The molecular weight excluding hydrogens is 286 g/mol. The smallest absolute Gasteiger partial charge is 0.227 e. The van der Waals surface area contributed by atoms with Crippen molar-refractivity contribution in [3.63, 3.8) is 0 Å². The molecule has 21 heavy (non-hydrogen) atoms. The van der Waals surface area contributed by atoms with E-state index < -0.39 is 0 Å². The van der Waals surface area contributed by atoms with E-state index in [1.165, 1.54) is 0 Å². The molecule has 1 fully saturated rings. The Labute approximate surface area is 128 Å². The zero-order chi connectivity index (χ0) is 14.5. The second-order valence-corrected chi connectivity index (χ2v) is 6.06. The van der Waals surface area contributed by atoms with Crippen LogP contribution in [0.1, 0.15) is 17.8 Å². The summed E-state index contributed by atoms with van der Waals surface area (Å²) in [5.41, 5.74) is 0.